The van der Waals surface area contributed by atoms with Crippen molar-refractivity contribution in [1.29, 1.82) is 0 Å². The molecule has 1 aliphatic rings. The number of nitrogens with one attached hydrogen (secondary N) is 2. The summed E-state index contributed by atoms with van der Waals surface area (Å²) in [5, 5.41) is 16.6. The second-order valence-corrected chi connectivity index (χ2v) is 5.92. The van der Waals surface area contributed by atoms with Crippen molar-refractivity contribution in [2.45, 2.75) is 56.5 Å². The van der Waals surface area contributed by atoms with E-state index in [0.29, 0.717) is 23.4 Å². The van der Waals surface area contributed by atoms with Crippen molar-refractivity contribution in [2.24, 2.45) is 0 Å². The van der Waals surface area contributed by atoms with Gasteiger partial charge in [-0.3, -0.25) is 0 Å². The highest BCUT2D eigenvalue weighted by Gasteiger charge is 2.20. The Balaban J connectivity index is 2.23. The first kappa shape index (κ1) is 14.3. The van der Waals surface area contributed by atoms with Crippen LogP contribution in [0.15, 0.2) is 0 Å². The third-order valence-electron chi connectivity index (χ3n) is 3.39. The van der Waals surface area contributed by atoms with Gasteiger partial charge in [0, 0.05) is 23.4 Å². The maximum atomic E-state index is 9.22. The lowest BCUT2D eigenvalue weighted by molar-refractivity contribution is 0.268. The third-order valence-corrected chi connectivity index (χ3v) is 4.55. The van der Waals surface area contributed by atoms with Gasteiger partial charge in [0.05, 0.1) is 6.61 Å². The van der Waals surface area contributed by atoms with E-state index in [4.69, 9.17) is 0 Å². The number of aliphatic hydroxyl groups excluding tert-OH is 1. The Morgan fingerprint density at radius 3 is 2.75 bits per heavy atom. The molecule has 0 radical (unpaired) electrons. The number of hydrogen-bond acceptors (Lipinski definition) is 4. The minimum absolute atomic E-state index is 0.254. The van der Waals surface area contributed by atoms with Crippen molar-refractivity contribution >= 4 is 11.8 Å². The Bertz CT molecular complexity index is 182. The molecule has 0 bridgehead atoms. The molecule has 0 saturated carbocycles. The summed E-state index contributed by atoms with van der Waals surface area (Å²) in [5.41, 5.74) is 0. The van der Waals surface area contributed by atoms with Crippen LogP contribution in [0.5, 0.6) is 0 Å². The van der Waals surface area contributed by atoms with Gasteiger partial charge in [-0.05, 0) is 45.9 Å². The molecule has 4 unspecified atom stereocenters. The summed E-state index contributed by atoms with van der Waals surface area (Å²) in [5.74, 6) is 0. The topological polar surface area (TPSA) is 44.3 Å². The molecule has 1 saturated heterocycles. The molecule has 3 N–H and O–H groups in total. The molecule has 16 heavy (non-hydrogen) atoms. The second kappa shape index (κ2) is 7.54. The van der Waals surface area contributed by atoms with Crippen LogP contribution in [0, 0.1) is 0 Å². The maximum Gasteiger partial charge on any atom is 0.0564 e. The summed E-state index contributed by atoms with van der Waals surface area (Å²) in [7, 11) is 0. The first-order valence-corrected chi connectivity index (χ1v) is 7.59. The zero-order valence-electron chi connectivity index (χ0n) is 10.7. The molecule has 1 aliphatic heterocycles. The van der Waals surface area contributed by atoms with Gasteiger partial charge in [-0.2, -0.15) is 11.8 Å². The predicted molar refractivity (Wildman–Crippen MR) is 72.1 cm³/mol. The fourth-order valence-electron chi connectivity index (χ4n) is 2.45. The van der Waals surface area contributed by atoms with Crippen LogP contribution >= 0.6 is 11.8 Å². The molecule has 0 spiro atoms. The van der Waals surface area contributed by atoms with E-state index in [1.165, 1.54) is 25.8 Å². The molecule has 1 fully saturated rings. The van der Waals surface area contributed by atoms with E-state index in [1.807, 2.05) is 0 Å². The smallest absolute Gasteiger partial charge is 0.0564 e. The van der Waals surface area contributed by atoms with Crippen LogP contribution in [0.25, 0.3) is 0 Å². The predicted octanol–water partition coefficient (Wildman–Crippen LogP) is 1.22. The first-order chi connectivity index (χ1) is 7.67. The molecule has 4 atom stereocenters. The van der Waals surface area contributed by atoms with Crippen molar-refractivity contribution < 1.29 is 5.11 Å². The zero-order valence-corrected chi connectivity index (χ0v) is 11.5. The lowest BCUT2D eigenvalue weighted by atomic mass is 10.1. The second-order valence-electron chi connectivity index (χ2n) is 4.84. The van der Waals surface area contributed by atoms with Crippen LogP contribution in [0.1, 0.15) is 33.1 Å². The van der Waals surface area contributed by atoms with Crippen molar-refractivity contribution in [3.8, 4) is 0 Å². The summed E-state index contributed by atoms with van der Waals surface area (Å²) in [4.78, 5) is 0. The summed E-state index contributed by atoms with van der Waals surface area (Å²) in [6, 6.07) is 1.58. The van der Waals surface area contributed by atoms with E-state index in [9.17, 15) is 5.11 Å². The summed E-state index contributed by atoms with van der Waals surface area (Å²) < 4.78 is 0. The Morgan fingerprint density at radius 2 is 2.25 bits per heavy atom. The average molecular weight is 246 g/mol. The quantitative estimate of drug-likeness (QED) is 0.632. The van der Waals surface area contributed by atoms with Crippen molar-refractivity contribution in [3.05, 3.63) is 0 Å². The van der Waals surface area contributed by atoms with E-state index in [-0.39, 0.29) is 6.61 Å². The molecule has 0 aromatic rings. The molecule has 3 nitrogen and oxygen atoms in total. The highest BCUT2D eigenvalue weighted by atomic mass is 32.2. The van der Waals surface area contributed by atoms with Crippen LogP contribution < -0.4 is 10.6 Å². The normalized spacial score (nSPS) is 26.6. The summed E-state index contributed by atoms with van der Waals surface area (Å²) in [6.07, 6.45) is 5.88. The van der Waals surface area contributed by atoms with Gasteiger partial charge in [-0.1, -0.05) is 0 Å². The van der Waals surface area contributed by atoms with Crippen molar-refractivity contribution in [3.63, 3.8) is 0 Å². The molecule has 4 heteroatoms. The van der Waals surface area contributed by atoms with Gasteiger partial charge in [0.15, 0.2) is 0 Å². The Kier molecular flexibility index (Phi) is 6.73. The van der Waals surface area contributed by atoms with Gasteiger partial charge >= 0.3 is 0 Å². The largest absolute Gasteiger partial charge is 0.395 e. The minimum atomic E-state index is 0.254. The van der Waals surface area contributed by atoms with Gasteiger partial charge in [0.25, 0.3) is 0 Å². The fourth-order valence-corrected chi connectivity index (χ4v) is 3.08. The van der Waals surface area contributed by atoms with Gasteiger partial charge in [-0.15, -0.1) is 0 Å². The van der Waals surface area contributed by atoms with Gasteiger partial charge < -0.3 is 15.7 Å². The molecule has 1 rings (SSSR count). The van der Waals surface area contributed by atoms with Crippen LogP contribution in [0.2, 0.25) is 0 Å². The summed E-state index contributed by atoms with van der Waals surface area (Å²) >= 11 is 1.73. The molecular weight excluding hydrogens is 220 g/mol. The fraction of sp³-hybridized carbons (Fsp3) is 1.00. The highest BCUT2D eigenvalue weighted by molar-refractivity contribution is 7.99. The van der Waals surface area contributed by atoms with E-state index in [1.54, 1.807) is 11.8 Å². The number of aliphatic hydroxyl groups is 1. The minimum Gasteiger partial charge on any atom is -0.395 e. The average Bonchev–Trinajstić information content (AvgIpc) is 2.71. The monoisotopic (exact) mass is 246 g/mol. The van der Waals surface area contributed by atoms with Gasteiger partial charge in [0.1, 0.15) is 0 Å². The maximum absolute atomic E-state index is 9.22. The van der Waals surface area contributed by atoms with E-state index in [0.717, 1.165) is 0 Å². The van der Waals surface area contributed by atoms with E-state index >= 15 is 0 Å². The molecule has 0 aliphatic carbocycles. The van der Waals surface area contributed by atoms with Crippen LogP contribution in [0.3, 0.4) is 0 Å². The molecule has 96 valence electrons. The lowest BCUT2D eigenvalue weighted by Gasteiger charge is -2.26. The Labute approximate surface area is 104 Å². The van der Waals surface area contributed by atoms with Gasteiger partial charge in [-0.25, -0.2) is 0 Å². The number of rotatable bonds is 7. The van der Waals surface area contributed by atoms with Gasteiger partial charge in [0.2, 0.25) is 0 Å². The molecule has 0 aromatic carbocycles. The highest BCUT2D eigenvalue weighted by Crippen LogP contribution is 2.14. The Hall–Kier alpha value is 0.230. The first-order valence-electron chi connectivity index (χ1n) is 6.30. The van der Waals surface area contributed by atoms with Crippen molar-refractivity contribution in [2.75, 3.05) is 19.4 Å². The van der Waals surface area contributed by atoms with Crippen LogP contribution in [0.4, 0.5) is 0 Å². The number of thioether (sulfide) groups is 1. The zero-order chi connectivity index (χ0) is 12.0. The standard InChI is InChI=1S/C12H26N2OS/c1-9(7-11-5-4-6-13-11)14-10(2)12(8-15)16-3/h9-15H,4-8H2,1-3H3. The molecule has 0 aromatic heterocycles. The summed E-state index contributed by atoms with van der Waals surface area (Å²) in [6.45, 7) is 5.84. The van der Waals surface area contributed by atoms with Crippen LogP contribution in [-0.2, 0) is 0 Å². The number of hydrogen-bond donors (Lipinski definition) is 3. The molecule has 1 heterocycles. The lowest BCUT2D eigenvalue weighted by Crippen LogP contribution is -2.44. The Morgan fingerprint density at radius 1 is 1.50 bits per heavy atom. The van der Waals surface area contributed by atoms with E-state index in [2.05, 4.69) is 30.7 Å². The van der Waals surface area contributed by atoms with E-state index < -0.39 is 0 Å². The molecular formula is C12H26N2OS. The third kappa shape index (κ3) is 4.62. The van der Waals surface area contributed by atoms with Crippen LogP contribution in [-0.4, -0.2) is 47.9 Å². The van der Waals surface area contributed by atoms with Crippen molar-refractivity contribution in [1.82, 2.24) is 10.6 Å². The SMILES string of the molecule is CSC(CO)C(C)NC(C)CC1CCCN1. The molecule has 0 amide bonds.